The topological polar surface area (TPSA) is 79.9 Å². The van der Waals surface area contributed by atoms with Crippen molar-refractivity contribution >= 4 is 50.8 Å². The van der Waals surface area contributed by atoms with Crippen LogP contribution < -0.4 is 15.4 Å². The van der Waals surface area contributed by atoms with Gasteiger partial charge < -0.3 is 19.7 Å². The standard InChI is InChI=1S/C24H28BrN3O4S/c1-31-13-14-32-21-10-9-18(25)16-20(21)22(29)27-24(33)26-19-8-6-7-17(15-19)23(30)28-11-4-2-3-5-12-28/h6-10,15-16H,2-5,11-14H2,1H3,(H2,26,27,29,33). The molecule has 0 spiro atoms. The van der Waals surface area contributed by atoms with Gasteiger partial charge in [-0.25, -0.2) is 0 Å². The molecule has 0 aliphatic carbocycles. The first-order chi connectivity index (χ1) is 16.0. The van der Waals surface area contributed by atoms with Crippen LogP contribution in [0, 0.1) is 0 Å². The molecule has 1 heterocycles. The maximum Gasteiger partial charge on any atom is 0.261 e. The van der Waals surface area contributed by atoms with E-state index in [0.29, 0.717) is 35.8 Å². The molecule has 1 saturated heterocycles. The second-order valence-electron chi connectivity index (χ2n) is 7.68. The highest BCUT2D eigenvalue weighted by molar-refractivity contribution is 9.10. The smallest absolute Gasteiger partial charge is 0.261 e. The summed E-state index contributed by atoms with van der Waals surface area (Å²) in [4.78, 5) is 27.6. The average Bonchev–Trinajstić information content (AvgIpc) is 3.09. The fourth-order valence-corrected chi connectivity index (χ4v) is 4.13. The van der Waals surface area contributed by atoms with Gasteiger partial charge in [-0.1, -0.05) is 34.8 Å². The maximum absolute atomic E-state index is 12.9. The van der Waals surface area contributed by atoms with Gasteiger partial charge in [0.05, 0.1) is 12.2 Å². The van der Waals surface area contributed by atoms with Crippen molar-refractivity contribution in [1.29, 1.82) is 0 Å². The monoisotopic (exact) mass is 533 g/mol. The van der Waals surface area contributed by atoms with Crippen LogP contribution in [0.15, 0.2) is 46.9 Å². The van der Waals surface area contributed by atoms with Crippen LogP contribution in [0.3, 0.4) is 0 Å². The van der Waals surface area contributed by atoms with Crippen LogP contribution in [0.5, 0.6) is 5.75 Å². The molecule has 1 aliphatic heterocycles. The highest BCUT2D eigenvalue weighted by Crippen LogP contribution is 2.23. The van der Waals surface area contributed by atoms with Gasteiger partial charge in [0.2, 0.25) is 0 Å². The van der Waals surface area contributed by atoms with Gasteiger partial charge in [-0.15, -0.1) is 0 Å². The Kier molecular flexibility index (Phi) is 9.65. The van der Waals surface area contributed by atoms with Crippen molar-refractivity contribution in [2.24, 2.45) is 0 Å². The summed E-state index contributed by atoms with van der Waals surface area (Å²) in [5.41, 5.74) is 1.57. The zero-order valence-electron chi connectivity index (χ0n) is 18.6. The normalized spacial score (nSPS) is 13.7. The van der Waals surface area contributed by atoms with E-state index in [4.69, 9.17) is 21.7 Å². The number of carbonyl (C=O) groups is 2. The molecular weight excluding hydrogens is 506 g/mol. The van der Waals surface area contributed by atoms with Crippen molar-refractivity contribution < 1.29 is 19.1 Å². The first-order valence-electron chi connectivity index (χ1n) is 10.9. The van der Waals surface area contributed by atoms with E-state index in [-0.39, 0.29) is 11.0 Å². The lowest BCUT2D eigenvalue weighted by Crippen LogP contribution is -2.34. The second-order valence-corrected chi connectivity index (χ2v) is 9.00. The molecule has 0 aromatic heterocycles. The van der Waals surface area contributed by atoms with Crippen LogP contribution in [0.1, 0.15) is 46.4 Å². The minimum Gasteiger partial charge on any atom is -0.490 e. The van der Waals surface area contributed by atoms with E-state index in [9.17, 15) is 9.59 Å². The molecule has 1 aliphatic rings. The molecule has 9 heteroatoms. The number of amides is 2. The van der Waals surface area contributed by atoms with Gasteiger partial charge in [-0.05, 0) is 61.5 Å². The summed E-state index contributed by atoms with van der Waals surface area (Å²) in [7, 11) is 1.58. The van der Waals surface area contributed by atoms with Gasteiger partial charge in [0.15, 0.2) is 5.11 Å². The molecule has 2 aromatic carbocycles. The van der Waals surface area contributed by atoms with Crippen LogP contribution >= 0.6 is 28.1 Å². The minimum atomic E-state index is -0.405. The van der Waals surface area contributed by atoms with Crippen LogP contribution in [0.2, 0.25) is 0 Å². The quantitative estimate of drug-likeness (QED) is 0.399. The number of hydrogen-bond acceptors (Lipinski definition) is 5. The van der Waals surface area contributed by atoms with Gasteiger partial charge >= 0.3 is 0 Å². The van der Waals surface area contributed by atoms with Crippen molar-refractivity contribution in [2.45, 2.75) is 25.7 Å². The third-order valence-electron chi connectivity index (χ3n) is 5.22. The van der Waals surface area contributed by atoms with Crippen LogP contribution in [-0.4, -0.2) is 55.2 Å². The summed E-state index contributed by atoms with van der Waals surface area (Å²) in [6.07, 6.45) is 4.39. The van der Waals surface area contributed by atoms with Crippen molar-refractivity contribution in [2.75, 3.05) is 38.7 Å². The van der Waals surface area contributed by atoms with Gasteiger partial charge in [0.25, 0.3) is 11.8 Å². The average molecular weight is 534 g/mol. The van der Waals surface area contributed by atoms with E-state index >= 15 is 0 Å². The number of nitrogens with one attached hydrogen (secondary N) is 2. The Morgan fingerprint density at radius 1 is 1.06 bits per heavy atom. The van der Waals surface area contributed by atoms with Crippen molar-refractivity contribution in [3.8, 4) is 5.75 Å². The molecule has 0 bridgehead atoms. The number of anilines is 1. The molecule has 2 N–H and O–H groups in total. The highest BCUT2D eigenvalue weighted by Gasteiger charge is 2.18. The molecule has 0 unspecified atom stereocenters. The predicted octanol–water partition coefficient (Wildman–Crippen LogP) is 4.62. The van der Waals surface area contributed by atoms with Gasteiger partial charge in [0, 0.05) is 35.9 Å². The number of rotatable bonds is 7. The summed E-state index contributed by atoms with van der Waals surface area (Å²) in [5, 5.41) is 5.80. The SMILES string of the molecule is COCCOc1ccc(Br)cc1C(=O)NC(=S)Nc1cccc(C(=O)N2CCCCCC2)c1. The first kappa shape index (κ1) is 25.1. The molecule has 2 aromatic rings. The molecule has 7 nitrogen and oxygen atoms in total. The zero-order valence-corrected chi connectivity index (χ0v) is 21.0. The van der Waals surface area contributed by atoms with Crippen molar-refractivity contribution in [3.63, 3.8) is 0 Å². The van der Waals surface area contributed by atoms with Crippen molar-refractivity contribution in [1.82, 2.24) is 10.2 Å². The molecule has 0 atom stereocenters. The largest absolute Gasteiger partial charge is 0.490 e. The lowest BCUT2D eigenvalue weighted by molar-refractivity contribution is 0.0761. The van der Waals surface area contributed by atoms with Gasteiger partial charge in [0.1, 0.15) is 12.4 Å². The molecular formula is C24H28BrN3O4S. The Bertz CT molecular complexity index is 993. The zero-order chi connectivity index (χ0) is 23.6. The highest BCUT2D eigenvalue weighted by atomic mass is 79.9. The van der Waals surface area contributed by atoms with Crippen LogP contribution in [0.4, 0.5) is 5.69 Å². The molecule has 2 amide bonds. The summed E-state index contributed by atoms with van der Waals surface area (Å²) < 4.78 is 11.4. The Morgan fingerprint density at radius 2 is 1.82 bits per heavy atom. The fourth-order valence-electron chi connectivity index (χ4n) is 3.56. The Balaban J connectivity index is 1.64. The first-order valence-corrected chi connectivity index (χ1v) is 12.1. The van der Waals surface area contributed by atoms with E-state index in [2.05, 4.69) is 26.6 Å². The molecule has 1 fully saturated rings. The van der Waals surface area contributed by atoms with E-state index < -0.39 is 5.91 Å². The third-order valence-corrected chi connectivity index (χ3v) is 5.92. The van der Waals surface area contributed by atoms with Gasteiger partial charge in [-0.3, -0.25) is 14.9 Å². The summed E-state index contributed by atoms with van der Waals surface area (Å²) in [6, 6.07) is 12.3. The summed E-state index contributed by atoms with van der Waals surface area (Å²) in [6.45, 7) is 2.29. The number of ether oxygens (including phenoxy) is 2. The summed E-state index contributed by atoms with van der Waals surface area (Å²) in [5.74, 6) is 0.0427. The summed E-state index contributed by atoms with van der Waals surface area (Å²) >= 11 is 8.72. The van der Waals surface area contributed by atoms with Gasteiger partial charge in [-0.2, -0.15) is 0 Å². The molecule has 0 saturated carbocycles. The number of methoxy groups -OCH3 is 1. The Morgan fingerprint density at radius 3 is 2.55 bits per heavy atom. The van der Waals surface area contributed by atoms with E-state index in [1.165, 1.54) is 0 Å². The lowest BCUT2D eigenvalue weighted by atomic mass is 10.1. The van der Waals surface area contributed by atoms with E-state index in [1.807, 2.05) is 4.90 Å². The number of benzene rings is 2. The molecule has 3 rings (SSSR count). The lowest BCUT2D eigenvalue weighted by Gasteiger charge is -2.20. The van der Waals surface area contributed by atoms with E-state index in [1.54, 1.807) is 49.6 Å². The maximum atomic E-state index is 12.9. The second kappa shape index (κ2) is 12.7. The minimum absolute atomic E-state index is 0.0162. The number of likely N-dealkylation sites (tertiary alicyclic amines) is 1. The Hall–Kier alpha value is -2.49. The Labute approximate surface area is 207 Å². The number of carbonyl (C=O) groups excluding carboxylic acids is 2. The van der Waals surface area contributed by atoms with Crippen molar-refractivity contribution in [3.05, 3.63) is 58.1 Å². The fraction of sp³-hybridized carbons (Fsp3) is 0.375. The number of thiocarbonyl (C=S) groups is 1. The third kappa shape index (κ3) is 7.52. The number of hydrogen-bond donors (Lipinski definition) is 2. The predicted molar refractivity (Wildman–Crippen MR) is 136 cm³/mol. The van der Waals surface area contributed by atoms with E-state index in [0.717, 1.165) is 43.2 Å². The number of nitrogens with zero attached hydrogens (tertiary/aromatic N) is 1. The van der Waals surface area contributed by atoms with Crippen LogP contribution in [0.25, 0.3) is 0 Å². The molecule has 176 valence electrons. The van der Waals surface area contributed by atoms with Crippen LogP contribution in [-0.2, 0) is 4.74 Å². The number of halogens is 1. The molecule has 0 radical (unpaired) electrons. The molecule has 33 heavy (non-hydrogen) atoms.